The number of hydrogen-bond acceptors (Lipinski definition) is 7. The van der Waals surface area contributed by atoms with E-state index in [2.05, 4.69) is 10.6 Å². The molecule has 0 aliphatic heterocycles. The zero-order valence-corrected chi connectivity index (χ0v) is 20.0. The number of hydrogen-bond donors (Lipinski definition) is 3. The number of carboxylic acid groups (broad SMARTS) is 1. The molecule has 0 heterocycles. The number of rotatable bonds is 10. The Balaban J connectivity index is 2.96. The third-order valence-electron chi connectivity index (χ3n) is 5.26. The van der Waals surface area contributed by atoms with Gasteiger partial charge in [0.2, 0.25) is 5.91 Å². The summed E-state index contributed by atoms with van der Waals surface area (Å²) < 4.78 is 34.0. The van der Waals surface area contributed by atoms with E-state index in [1.54, 1.807) is 20.8 Å². The molecule has 0 bridgehead atoms. The van der Waals surface area contributed by atoms with E-state index >= 15 is 0 Å². The van der Waals surface area contributed by atoms with Crippen molar-refractivity contribution in [3.63, 3.8) is 0 Å². The molecule has 11 heteroatoms. The van der Waals surface area contributed by atoms with E-state index in [0.717, 1.165) is 6.26 Å². The largest absolute Gasteiger partial charge is 0.481 e. The van der Waals surface area contributed by atoms with Gasteiger partial charge in [-0.1, -0.05) is 6.92 Å². The first kappa shape index (κ1) is 27.2. The minimum Gasteiger partial charge on any atom is -0.481 e. The molecule has 2 amide bonds. The molecule has 3 N–H and O–H groups in total. The highest BCUT2D eigenvalue weighted by molar-refractivity contribution is 7.86. The topological polar surface area (TPSA) is 148 Å². The minimum atomic E-state index is -3.91. The number of carbonyl (C=O) groups excluding carboxylic acids is 2. The van der Waals surface area contributed by atoms with Gasteiger partial charge in [-0.05, 0) is 58.8 Å². The lowest BCUT2D eigenvalue weighted by atomic mass is 9.77. The van der Waals surface area contributed by atoms with Crippen molar-refractivity contribution < 1.29 is 36.8 Å². The summed E-state index contributed by atoms with van der Waals surface area (Å²) in [6.45, 7) is 8.97. The molecule has 4 unspecified atom stereocenters. The van der Waals surface area contributed by atoms with Gasteiger partial charge in [-0.3, -0.25) is 13.8 Å². The average molecular weight is 465 g/mol. The summed E-state index contributed by atoms with van der Waals surface area (Å²) in [5, 5.41) is 15.4. The Morgan fingerprint density at radius 2 is 1.84 bits per heavy atom. The van der Waals surface area contributed by atoms with Gasteiger partial charge in [-0.25, -0.2) is 4.79 Å². The van der Waals surface area contributed by atoms with Crippen molar-refractivity contribution in [2.45, 2.75) is 84.5 Å². The first-order valence-corrected chi connectivity index (χ1v) is 12.2. The lowest BCUT2D eigenvalue weighted by molar-refractivity contribution is -0.154. The Bertz CT molecular complexity index is 762. The van der Waals surface area contributed by atoms with E-state index in [9.17, 15) is 27.9 Å². The molecule has 180 valence electrons. The van der Waals surface area contributed by atoms with Crippen LogP contribution in [0.25, 0.3) is 0 Å². The number of carbonyl (C=O) groups is 3. The second kappa shape index (κ2) is 10.6. The van der Waals surface area contributed by atoms with Crippen LogP contribution >= 0.6 is 0 Å². The van der Waals surface area contributed by atoms with Crippen LogP contribution in [0.1, 0.15) is 66.7 Å². The molecule has 0 aromatic rings. The summed E-state index contributed by atoms with van der Waals surface area (Å²) in [7, 11) is -3.91. The van der Waals surface area contributed by atoms with Crippen LogP contribution < -0.4 is 10.6 Å². The maximum Gasteiger partial charge on any atom is 0.407 e. The number of aliphatic carboxylic acids is 1. The number of ether oxygens (including phenoxy) is 1. The molecule has 1 aliphatic rings. The van der Waals surface area contributed by atoms with Gasteiger partial charge < -0.3 is 20.5 Å². The van der Waals surface area contributed by atoms with Crippen LogP contribution in [0.15, 0.2) is 0 Å². The third kappa shape index (κ3) is 9.42. The predicted octanol–water partition coefficient (Wildman–Crippen LogP) is 2.03. The fraction of sp³-hybridized carbons (Fsp3) is 0.850. The molecule has 0 aromatic carbocycles. The van der Waals surface area contributed by atoms with Gasteiger partial charge in [-0.15, -0.1) is 0 Å². The molecule has 1 fully saturated rings. The summed E-state index contributed by atoms with van der Waals surface area (Å²) >= 11 is 0. The molecule has 1 saturated carbocycles. The normalized spacial score (nSPS) is 25.0. The van der Waals surface area contributed by atoms with Gasteiger partial charge in [0.25, 0.3) is 10.1 Å². The van der Waals surface area contributed by atoms with Crippen molar-refractivity contribution >= 4 is 28.1 Å². The highest BCUT2D eigenvalue weighted by Crippen LogP contribution is 2.46. The minimum absolute atomic E-state index is 0.0280. The number of amides is 2. The highest BCUT2D eigenvalue weighted by Gasteiger charge is 2.55. The predicted molar refractivity (Wildman–Crippen MR) is 114 cm³/mol. The van der Waals surface area contributed by atoms with Crippen LogP contribution in [0.4, 0.5) is 4.79 Å². The van der Waals surface area contributed by atoms with Crippen molar-refractivity contribution in [1.29, 1.82) is 0 Å². The van der Waals surface area contributed by atoms with E-state index < -0.39 is 45.3 Å². The van der Waals surface area contributed by atoms with E-state index in [4.69, 9.17) is 8.92 Å². The first-order valence-electron chi connectivity index (χ1n) is 10.4. The Labute approximate surface area is 184 Å². The molecular weight excluding hydrogens is 428 g/mol. The second-order valence-corrected chi connectivity index (χ2v) is 11.0. The molecule has 10 nitrogen and oxygen atoms in total. The number of alkyl carbamates (subject to hydrolysis) is 1. The Hall–Kier alpha value is -1.88. The van der Waals surface area contributed by atoms with Gasteiger partial charge in [0, 0.05) is 19.5 Å². The highest BCUT2D eigenvalue weighted by atomic mass is 32.2. The number of carboxylic acids is 1. The van der Waals surface area contributed by atoms with Gasteiger partial charge in [0.05, 0.1) is 17.8 Å². The average Bonchev–Trinajstić information content (AvgIpc) is 2.87. The first-order chi connectivity index (χ1) is 14.0. The molecule has 0 spiro atoms. The van der Waals surface area contributed by atoms with Gasteiger partial charge in [0.1, 0.15) is 5.60 Å². The van der Waals surface area contributed by atoms with Gasteiger partial charge in [0.15, 0.2) is 0 Å². The zero-order valence-electron chi connectivity index (χ0n) is 19.2. The Morgan fingerprint density at radius 3 is 2.32 bits per heavy atom. The molecule has 4 atom stereocenters. The number of nitrogens with one attached hydrogen (secondary N) is 2. The Morgan fingerprint density at radius 1 is 1.23 bits per heavy atom. The van der Waals surface area contributed by atoms with E-state index in [0.29, 0.717) is 19.4 Å². The molecule has 1 aliphatic carbocycles. The molecule has 0 radical (unpaired) electrons. The van der Waals surface area contributed by atoms with E-state index in [1.807, 2.05) is 6.92 Å². The van der Waals surface area contributed by atoms with Gasteiger partial charge in [-0.2, -0.15) is 8.42 Å². The fourth-order valence-corrected chi connectivity index (χ4v) is 4.49. The summed E-state index contributed by atoms with van der Waals surface area (Å²) in [6, 6.07) is -0.604. The summed E-state index contributed by atoms with van der Waals surface area (Å²) in [6.07, 6.45) is 0.476. The molecule has 0 saturated heterocycles. The van der Waals surface area contributed by atoms with Crippen LogP contribution in [0, 0.1) is 11.3 Å². The molecule has 0 aromatic heterocycles. The van der Waals surface area contributed by atoms with Crippen LogP contribution in [-0.2, 0) is 28.6 Å². The maximum absolute atomic E-state index is 12.3. The molecule has 31 heavy (non-hydrogen) atoms. The SMILES string of the molecule is CC(=O)NCCC(C)CCC1(C(=O)O)CC(NC(=O)OC(C)(C)C)CC1OS(C)(=O)=O. The smallest absolute Gasteiger partial charge is 0.407 e. The summed E-state index contributed by atoms with van der Waals surface area (Å²) in [5.74, 6) is -1.20. The van der Waals surface area contributed by atoms with Crippen molar-refractivity contribution in [1.82, 2.24) is 10.6 Å². The third-order valence-corrected chi connectivity index (χ3v) is 5.84. The van der Waals surface area contributed by atoms with Crippen LogP contribution in [0.2, 0.25) is 0 Å². The quantitative estimate of drug-likeness (QED) is 0.416. The van der Waals surface area contributed by atoms with Crippen molar-refractivity contribution in [3.05, 3.63) is 0 Å². The molecule has 1 rings (SSSR count). The van der Waals surface area contributed by atoms with Crippen LogP contribution in [-0.4, -0.2) is 62.0 Å². The summed E-state index contributed by atoms with van der Waals surface area (Å²) in [5.41, 5.74) is -2.19. The van der Waals surface area contributed by atoms with Crippen molar-refractivity contribution in [2.75, 3.05) is 12.8 Å². The van der Waals surface area contributed by atoms with Crippen LogP contribution in [0.3, 0.4) is 0 Å². The second-order valence-electron chi connectivity index (χ2n) is 9.45. The summed E-state index contributed by atoms with van der Waals surface area (Å²) in [4.78, 5) is 35.5. The maximum atomic E-state index is 12.3. The lowest BCUT2D eigenvalue weighted by Gasteiger charge is -2.31. The monoisotopic (exact) mass is 464 g/mol. The van der Waals surface area contributed by atoms with Gasteiger partial charge >= 0.3 is 12.1 Å². The van der Waals surface area contributed by atoms with E-state index in [1.165, 1.54) is 6.92 Å². The molecular formula is C20H36N2O8S. The van der Waals surface area contributed by atoms with Crippen molar-refractivity contribution in [2.24, 2.45) is 11.3 Å². The zero-order chi connectivity index (χ0) is 24.0. The van der Waals surface area contributed by atoms with Crippen LogP contribution in [0.5, 0.6) is 0 Å². The van der Waals surface area contributed by atoms with Crippen molar-refractivity contribution in [3.8, 4) is 0 Å². The standard InChI is InChI=1S/C20H36N2O8S/c1-13(8-10-21-14(2)23)7-9-20(17(24)25)12-15(11-16(20)30-31(6,27)28)22-18(26)29-19(3,4)5/h13,15-16H,7-12H2,1-6H3,(H,21,23)(H,22,26)(H,24,25). The lowest BCUT2D eigenvalue weighted by Crippen LogP contribution is -2.42. The Kier molecular flexibility index (Phi) is 9.31. The fourth-order valence-electron chi connectivity index (χ4n) is 3.80. The van der Waals surface area contributed by atoms with E-state index in [-0.39, 0.29) is 31.1 Å².